The van der Waals surface area contributed by atoms with Crippen LogP contribution < -0.4 is 0 Å². The minimum absolute atomic E-state index is 0.235. The molecule has 64 heavy (non-hydrogen) atoms. The van der Waals surface area contributed by atoms with Gasteiger partial charge in [-0.1, -0.05) is 196 Å². The van der Waals surface area contributed by atoms with Gasteiger partial charge in [0.25, 0.3) is 0 Å². The quantitative estimate of drug-likeness (QED) is 0.152. The maximum absolute atomic E-state index is 4.89. The number of hydrogen-bond donors (Lipinski definition) is 0. The lowest BCUT2D eigenvalue weighted by Gasteiger charge is -2.48. The first-order valence-corrected chi connectivity index (χ1v) is 21.6. The summed E-state index contributed by atoms with van der Waals surface area (Å²) in [6.45, 7) is 4.71. The minimum Gasteiger partial charge on any atom is -0.217 e. The molecule has 0 N–H and O–H groups in total. The molecule has 0 bridgehead atoms. The number of nitrogens with zero attached hydrogens (tertiary/aromatic N) is 6. The standard InChI is InChI=1S/C58H42N6/c1-57(2)49-29-9-11-31-51(49)58(52-32-12-10-30-50(52)57,47-27-15-23-43(35-47)41-21-13-25-45(33-41)55-61-37-59-53(63-55)39-17-5-3-6-18-39)48-28-16-24-44(36-48)42-22-14-26-46(34-42)56-62-38-60-54(64-56)40-19-7-4-8-20-40/h3-38H,1-2H3. The Morgan fingerprint density at radius 1 is 0.281 bits per heavy atom. The van der Waals surface area contributed by atoms with Crippen LogP contribution in [0.5, 0.6) is 0 Å². The van der Waals surface area contributed by atoms with Crippen molar-refractivity contribution in [2.75, 3.05) is 0 Å². The van der Waals surface area contributed by atoms with Crippen LogP contribution in [0, 0.1) is 0 Å². The van der Waals surface area contributed by atoms with Gasteiger partial charge in [0, 0.05) is 27.7 Å². The third kappa shape index (κ3) is 6.68. The molecule has 2 heterocycles. The fraction of sp³-hybridized carbons (Fsp3) is 0.0690. The topological polar surface area (TPSA) is 77.3 Å². The Labute approximate surface area is 373 Å². The Kier molecular flexibility index (Phi) is 9.62. The molecule has 0 unspecified atom stereocenters. The Hall–Kier alpha value is -8.22. The van der Waals surface area contributed by atoms with E-state index in [1.165, 1.54) is 33.4 Å². The van der Waals surface area contributed by atoms with Crippen molar-refractivity contribution < 1.29 is 0 Å². The predicted octanol–water partition coefficient (Wildman–Crippen LogP) is 13.1. The highest BCUT2D eigenvalue weighted by atomic mass is 15.0. The van der Waals surface area contributed by atoms with Crippen LogP contribution in [0.3, 0.4) is 0 Å². The summed E-state index contributed by atoms with van der Waals surface area (Å²) in [4.78, 5) is 28.0. The molecule has 0 aliphatic heterocycles. The summed E-state index contributed by atoms with van der Waals surface area (Å²) < 4.78 is 0. The number of hydrogen-bond acceptors (Lipinski definition) is 6. The number of fused-ring (bicyclic) bond motifs is 2. The summed E-state index contributed by atoms with van der Waals surface area (Å²) in [5, 5.41) is 0. The summed E-state index contributed by atoms with van der Waals surface area (Å²) in [6, 6.07) is 73.3. The average Bonchev–Trinajstić information content (AvgIpc) is 3.37. The monoisotopic (exact) mass is 822 g/mol. The molecular formula is C58H42N6. The normalized spacial score (nSPS) is 13.4. The number of benzene rings is 8. The van der Waals surface area contributed by atoms with E-state index in [-0.39, 0.29) is 5.41 Å². The summed E-state index contributed by atoms with van der Waals surface area (Å²) in [5.74, 6) is 2.56. The molecule has 2 aromatic heterocycles. The molecule has 11 rings (SSSR count). The van der Waals surface area contributed by atoms with Gasteiger partial charge in [-0.15, -0.1) is 0 Å². The van der Waals surface area contributed by atoms with Crippen LogP contribution in [0.1, 0.15) is 47.2 Å². The molecule has 6 nitrogen and oxygen atoms in total. The van der Waals surface area contributed by atoms with Gasteiger partial charge in [0.15, 0.2) is 23.3 Å². The third-order valence-corrected chi connectivity index (χ3v) is 12.7. The van der Waals surface area contributed by atoms with Crippen molar-refractivity contribution in [2.45, 2.75) is 24.7 Å². The molecule has 0 fully saturated rings. The molecule has 0 radical (unpaired) electrons. The van der Waals surface area contributed by atoms with Crippen molar-refractivity contribution in [2.24, 2.45) is 0 Å². The van der Waals surface area contributed by atoms with E-state index in [4.69, 9.17) is 9.97 Å². The van der Waals surface area contributed by atoms with Gasteiger partial charge >= 0.3 is 0 Å². The van der Waals surface area contributed by atoms with Crippen LogP contribution in [-0.4, -0.2) is 29.9 Å². The molecule has 8 aromatic carbocycles. The highest BCUT2D eigenvalue weighted by Gasteiger charge is 2.49. The Morgan fingerprint density at radius 2 is 0.594 bits per heavy atom. The zero-order valence-corrected chi connectivity index (χ0v) is 35.5. The average molecular weight is 823 g/mol. The van der Waals surface area contributed by atoms with Crippen molar-refractivity contribution in [1.29, 1.82) is 0 Å². The van der Waals surface area contributed by atoms with Crippen LogP contribution in [-0.2, 0) is 10.8 Å². The Morgan fingerprint density at radius 3 is 1.02 bits per heavy atom. The zero-order valence-electron chi connectivity index (χ0n) is 35.5. The van der Waals surface area contributed by atoms with E-state index in [9.17, 15) is 0 Å². The van der Waals surface area contributed by atoms with Crippen LogP contribution in [0.25, 0.3) is 67.8 Å². The summed E-state index contributed by atoms with van der Waals surface area (Å²) in [5.41, 5.74) is 14.7. The number of aromatic nitrogens is 6. The second kappa shape index (κ2) is 15.9. The summed E-state index contributed by atoms with van der Waals surface area (Å²) in [7, 11) is 0. The van der Waals surface area contributed by atoms with Gasteiger partial charge in [-0.3, -0.25) is 0 Å². The second-order valence-corrected chi connectivity index (χ2v) is 16.8. The molecule has 1 aliphatic rings. The van der Waals surface area contributed by atoms with E-state index in [1.807, 2.05) is 60.7 Å². The van der Waals surface area contributed by atoms with Crippen molar-refractivity contribution in [3.8, 4) is 67.8 Å². The summed E-state index contributed by atoms with van der Waals surface area (Å²) >= 11 is 0. The van der Waals surface area contributed by atoms with Crippen molar-refractivity contribution in [3.63, 3.8) is 0 Å². The number of rotatable bonds is 8. The Bertz CT molecular complexity index is 3100. The van der Waals surface area contributed by atoms with Crippen molar-refractivity contribution in [3.05, 3.63) is 252 Å². The molecule has 0 saturated heterocycles. The molecule has 0 saturated carbocycles. The third-order valence-electron chi connectivity index (χ3n) is 12.7. The minimum atomic E-state index is -0.665. The van der Waals surface area contributed by atoms with Gasteiger partial charge < -0.3 is 0 Å². The van der Waals surface area contributed by atoms with Crippen LogP contribution >= 0.6 is 0 Å². The van der Waals surface area contributed by atoms with E-state index in [1.54, 1.807) is 12.7 Å². The van der Waals surface area contributed by atoms with Crippen molar-refractivity contribution in [1.82, 2.24) is 29.9 Å². The summed E-state index contributed by atoms with van der Waals surface area (Å²) in [6.07, 6.45) is 3.19. The molecule has 0 amide bonds. The molecule has 0 spiro atoms. The SMILES string of the molecule is CC1(C)c2ccccc2C(c2cccc(-c3cccc(-c4ncnc(-c5ccccc5)n4)c3)c2)(c2cccc(-c3cccc(-c4ncnc(-c5ccccc5)n4)c3)c2)c2ccccc21. The van der Waals surface area contributed by atoms with Crippen LogP contribution in [0.15, 0.2) is 219 Å². The van der Waals surface area contributed by atoms with Gasteiger partial charge in [0.05, 0.1) is 5.41 Å². The van der Waals surface area contributed by atoms with E-state index < -0.39 is 5.41 Å². The molecule has 6 heteroatoms. The van der Waals surface area contributed by atoms with Crippen LogP contribution in [0.4, 0.5) is 0 Å². The Balaban J connectivity index is 1.07. The zero-order chi connectivity index (χ0) is 43.1. The first-order valence-electron chi connectivity index (χ1n) is 21.6. The molecule has 10 aromatic rings. The lowest BCUT2D eigenvalue weighted by atomic mass is 9.54. The second-order valence-electron chi connectivity index (χ2n) is 16.8. The maximum atomic E-state index is 4.89. The molecule has 0 atom stereocenters. The smallest absolute Gasteiger partial charge is 0.163 e. The fourth-order valence-electron chi connectivity index (χ4n) is 9.65. The van der Waals surface area contributed by atoms with Gasteiger partial charge in [-0.2, -0.15) is 0 Å². The lowest BCUT2D eigenvalue weighted by molar-refractivity contribution is 0.558. The fourth-order valence-corrected chi connectivity index (χ4v) is 9.65. The van der Waals surface area contributed by atoms with Gasteiger partial charge in [0.2, 0.25) is 0 Å². The predicted molar refractivity (Wildman–Crippen MR) is 256 cm³/mol. The van der Waals surface area contributed by atoms with Gasteiger partial charge in [-0.25, -0.2) is 29.9 Å². The van der Waals surface area contributed by atoms with E-state index >= 15 is 0 Å². The molecule has 304 valence electrons. The first-order chi connectivity index (χ1) is 31.5. The highest BCUT2D eigenvalue weighted by Crippen LogP contribution is 2.56. The van der Waals surface area contributed by atoms with E-state index in [0.717, 1.165) is 44.5 Å². The van der Waals surface area contributed by atoms with Gasteiger partial charge in [-0.05, 0) is 79.9 Å². The first kappa shape index (κ1) is 38.7. The molecular weight excluding hydrogens is 781 g/mol. The maximum Gasteiger partial charge on any atom is 0.163 e. The van der Waals surface area contributed by atoms with E-state index in [0.29, 0.717) is 23.3 Å². The lowest BCUT2D eigenvalue weighted by Crippen LogP contribution is -2.41. The molecule has 1 aliphatic carbocycles. The highest BCUT2D eigenvalue weighted by molar-refractivity contribution is 5.78. The largest absolute Gasteiger partial charge is 0.217 e. The van der Waals surface area contributed by atoms with Gasteiger partial charge in [0.1, 0.15) is 12.7 Å². The van der Waals surface area contributed by atoms with E-state index in [2.05, 4.69) is 179 Å². The van der Waals surface area contributed by atoms with Crippen LogP contribution in [0.2, 0.25) is 0 Å². The van der Waals surface area contributed by atoms with Crippen molar-refractivity contribution >= 4 is 0 Å².